The van der Waals surface area contributed by atoms with Crippen molar-refractivity contribution in [3.05, 3.63) is 65.9 Å². The second kappa shape index (κ2) is 9.06. The van der Waals surface area contributed by atoms with E-state index in [1.807, 2.05) is 35.4 Å². The van der Waals surface area contributed by atoms with Gasteiger partial charge in [0.1, 0.15) is 0 Å². The number of benzene rings is 2. The molecule has 1 atom stereocenters. The van der Waals surface area contributed by atoms with Gasteiger partial charge in [0.15, 0.2) is 0 Å². The number of amides is 1. The highest BCUT2D eigenvalue weighted by Crippen LogP contribution is 2.25. The van der Waals surface area contributed by atoms with Crippen molar-refractivity contribution in [3.8, 4) is 5.69 Å². The van der Waals surface area contributed by atoms with E-state index in [9.17, 15) is 15.0 Å². The van der Waals surface area contributed by atoms with Crippen LogP contribution in [0.5, 0.6) is 0 Å². The predicted octanol–water partition coefficient (Wildman–Crippen LogP) is 3.85. The minimum atomic E-state index is -1.87. The molecule has 0 spiro atoms. The Morgan fingerprint density at radius 3 is 2.38 bits per heavy atom. The molecule has 1 saturated heterocycles. The fourth-order valence-electron chi connectivity index (χ4n) is 4.19. The molecule has 1 fully saturated rings. The van der Waals surface area contributed by atoms with Crippen molar-refractivity contribution < 1.29 is 15.0 Å². The minimum Gasteiger partial charge on any atom is -0.353 e. The largest absolute Gasteiger partial charge is 0.353 e. The average Bonchev–Trinajstić information content (AvgIpc) is 3.47. The molecule has 3 aromatic rings. The summed E-state index contributed by atoms with van der Waals surface area (Å²) in [5, 5.41) is 23.9. The maximum atomic E-state index is 12.7. The van der Waals surface area contributed by atoms with Crippen LogP contribution in [0.1, 0.15) is 55.5 Å². The summed E-state index contributed by atoms with van der Waals surface area (Å²) in [7, 11) is 0. The first-order valence-corrected chi connectivity index (χ1v) is 11.5. The van der Waals surface area contributed by atoms with E-state index in [0.717, 1.165) is 53.6 Å². The summed E-state index contributed by atoms with van der Waals surface area (Å²) in [4.78, 5) is 14.6. The van der Waals surface area contributed by atoms with Gasteiger partial charge in [0, 0.05) is 48.4 Å². The minimum absolute atomic E-state index is 0.122. The van der Waals surface area contributed by atoms with Crippen LogP contribution < -0.4 is 5.32 Å². The van der Waals surface area contributed by atoms with E-state index >= 15 is 0 Å². The molecule has 2 heterocycles. The number of aromatic nitrogens is 1. The number of rotatable bonds is 7. The molecular formula is C26H33N3O3. The van der Waals surface area contributed by atoms with E-state index in [0.29, 0.717) is 6.54 Å². The van der Waals surface area contributed by atoms with Gasteiger partial charge in [0.05, 0.1) is 5.52 Å². The summed E-state index contributed by atoms with van der Waals surface area (Å²) >= 11 is 0. The van der Waals surface area contributed by atoms with E-state index in [1.54, 1.807) is 13.8 Å². The summed E-state index contributed by atoms with van der Waals surface area (Å²) in [6.45, 7) is 7.76. The van der Waals surface area contributed by atoms with Crippen molar-refractivity contribution in [1.82, 2.24) is 14.8 Å². The third kappa shape index (κ3) is 4.58. The Morgan fingerprint density at radius 1 is 1.03 bits per heavy atom. The maximum Gasteiger partial charge on any atom is 0.253 e. The SMILES string of the molecule is CC(C)C(O)(O)NC[C@H](C)c1ccc(-n2ccc3cc(C(=O)N4CCCC4)ccc32)cc1. The van der Waals surface area contributed by atoms with Crippen molar-refractivity contribution in [3.63, 3.8) is 0 Å². The van der Waals surface area contributed by atoms with E-state index in [-0.39, 0.29) is 17.7 Å². The van der Waals surface area contributed by atoms with Gasteiger partial charge in [-0.3, -0.25) is 10.1 Å². The molecule has 0 bridgehead atoms. The molecule has 1 aliphatic rings. The molecule has 1 aliphatic heterocycles. The lowest BCUT2D eigenvalue weighted by Gasteiger charge is -2.28. The molecule has 32 heavy (non-hydrogen) atoms. The second-order valence-corrected chi connectivity index (χ2v) is 9.21. The van der Waals surface area contributed by atoms with Gasteiger partial charge in [0.2, 0.25) is 5.91 Å². The van der Waals surface area contributed by atoms with E-state index in [4.69, 9.17) is 0 Å². The number of hydrogen-bond donors (Lipinski definition) is 3. The number of carbonyl (C=O) groups is 1. The van der Waals surface area contributed by atoms with Crippen LogP contribution in [0.4, 0.5) is 0 Å². The quantitative estimate of drug-likeness (QED) is 0.493. The number of aliphatic hydroxyl groups is 2. The predicted molar refractivity (Wildman–Crippen MR) is 127 cm³/mol. The Balaban J connectivity index is 1.49. The fraction of sp³-hybridized carbons (Fsp3) is 0.423. The Morgan fingerprint density at radius 2 is 1.72 bits per heavy atom. The molecule has 1 amide bonds. The van der Waals surface area contributed by atoms with E-state index in [1.165, 1.54) is 0 Å². The Bertz CT molecular complexity index is 1080. The molecule has 6 heteroatoms. The summed E-state index contributed by atoms with van der Waals surface area (Å²) in [5.41, 5.74) is 3.98. The molecule has 1 aromatic heterocycles. The van der Waals surface area contributed by atoms with Crippen molar-refractivity contribution in [2.75, 3.05) is 19.6 Å². The number of fused-ring (bicyclic) bond motifs is 1. The Kier molecular flexibility index (Phi) is 6.38. The molecule has 2 aromatic carbocycles. The van der Waals surface area contributed by atoms with Gasteiger partial charge in [-0.15, -0.1) is 0 Å². The summed E-state index contributed by atoms with van der Waals surface area (Å²) in [6, 6.07) is 16.3. The molecule has 3 N–H and O–H groups in total. The van der Waals surface area contributed by atoms with E-state index in [2.05, 4.69) is 41.1 Å². The smallest absolute Gasteiger partial charge is 0.253 e. The normalized spacial score (nSPS) is 15.6. The monoisotopic (exact) mass is 435 g/mol. The highest BCUT2D eigenvalue weighted by Gasteiger charge is 2.27. The molecule has 4 rings (SSSR count). The fourth-order valence-corrected chi connectivity index (χ4v) is 4.19. The third-order valence-electron chi connectivity index (χ3n) is 6.54. The molecule has 170 valence electrons. The van der Waals surface area contributed by atoms with Gasteiger partial charge in [-0.1, -0.05) is 32.9 Å². The van der Waals surface area contributed by atoms with Crippen LogP contribution >= 0.6 is 0 Å². The van der Waals surface area contributed by atoms with Crippen molar-refractivity contribution in [2.45, 2.75) is 45.4 Å². The zero-order valence-corrected chi connectivity index (χ0v) is 19.1. The highest BCUT2D eigenvalue weighted by molar-refractivity contribution is 5.98. The Labute approximate surface area is 189 Å². The van der Waals surface area contributed by atoms with Gasteiger partial charge in [0.25, 0.3) is 5.91 Å². The van der Waals surface area contributed by atoms with Crippen LogP contribution in [0.25, 0.3) is 16.6 Å². The van der Waals surface area contributed by atoms with Gasteiger partial charge in [-0.25, -0.2) is 0 Å². The molecule has 0 aliphatic carbocycles. The first-order valence-electron chi connectivity index (χ1n) is 11.5. The lowest BCUT2D eigenvalue weighted by atomic mass is 10.00. The maximum absolute atomic E-state index is 12.7. The van der Waals surface area contributed by atoms with Gasteiger partial charge < -0.3 is 19.7 Å². The van der Waals surface area contributed by atoms with Gasteiger partial charge >= 0.3 is 0 Å². The van der Waals surface area contributed by atoms with Crippen LogP contribution in [-0.4, -0.2) is 51.1 Å². The van der Waals surface area contributed by atoms with Crippen molar-refractivity contribution in [2.24, 2.45) is 5.92 Å². The third-order valence-corrected chi connectivity index (χ3v) is 6.54. The van der Waals surface area contributed by atoms with Crippen molar-refractivity contribution >= 4 is 16.8 Å². The molecular weight excluding hydrogens is 402 g/mol. The zero-order valence-electron chi connectivity index (χ0n) is 19.1. The summed E-state index contributed by atoms with van der Waals surface area (Å²) in [6.07, 6.45) is 4.21. The lowest BCUT2D eigenvalue weighted by molar-refractivity contribution is -0.215. The van der Waals surface area contributed by atoms with Gasteiger partial charge in [-0.2, -0.15) is 0 Å². The van der Waals surface area contributed by atoms with Gasteiger partial charge in [-0.05, 0) is 60.7 Å². The highest BCUT2D eigenvalue weighted by atomic mass is 16.5. The summed E-state index contributed by atoms with van der Waals surface area (Å²) < 4.78 is 2.12. The topological polar surface area (TPSA) is 77.7 Å². The summed E-state index contributed by atoms with van der Waals surface area (Å²) in [5.74, 6) is -1.92. The standard InChI is InChI=1S/C26H33N3O3/c1-18(2)26(31,32)27-17-19(3)20-6-9-23(10-7-20)29-15-12-21-16-22(8-11-24(21)29)25(30)28-13-4-5-14-28/h6-12,15-16,18-19,27,31-32H,4-5,13-14,17H2,1-3H3/t19-/m0/s1. The lowest BCUT2D eigenvalue weighted by Crippen LogP contribution is -2.50. The van der Waals surface area contributed by atoms with Crippen molar-refractivity contribution in [1.29, 1.82) is 0 Å². The number of carbonyl (C=O) groups excluding carboxylic acids is 1. The number of nitrogens with one attached hydrogen (secondary N) is 1. The Hall–Kier alpha value is -2.67. The molecule has 0 unspecified atom stereocenters. The van der Waals surface area contributed by atoms with Crippen LogP contribution in [0, 0.1) is 5.92 Å². The molecule has 0 radical (unpaired) electrons. The molecule has 0 saturated carbocycles. The number of nitrogens with zero attached hydrogens (tertiary/aromatic N) is 2. The number of likely N-dealkylation sites (tertiary alicyclic amines) is 1. The molecule has 6 nitrogen and oxygen atoms in total. The van der Waals surface area contributed by atoms with Crippen LogP contribution in [0.15, 0.2) is 54.7 Å². The first-order chi connectivity index (χ1) is 15.3. The first kappa shape index (κ1) is 22.5. The van der Waals surface area contributed by atoms with Crippen LogP contribution in [0.2, 0.25) is 0 Å². The average molecular weight is 436 g/mol. The van der Waals surface area contributed by atoms with Crippen LogP contribution in [-0.2, 0) is 0 Å². The zero-order chi connectivity index (χ0) is 22.9. The number of hydrogen-bond acceptors (Lipinski definition) is 4. The van der Waals surface area contributed by atoms with Crippen LogP contribution in [0.3, 0.4) is 0 Å². The van der Waals surface area contributed by atoms with E-state index < -0.39 is 5.91 Å². The second-order valence-electron chi connectivity index (χ2n) is 9.21.